The number of rotatable bonds is 4. The summed E-state index contributed by atoms with van der Waals surface area (Å²) < 4.78 is 58.4. The van der Waals surface area contributed by atoms with Crippen LogP contribution in [0.3, 0.4) is 0 Å². The van der Waals surface area contributed by atoms with E-state index in [4.69, 9.17) is 9.90 Å². The number of alkyl halides is 3. The lowest BCUT2D eigenvalue weighted by molar-refractivity contribution is -0.192. The number of hydrogen-bond donors (Lipinski definition) is 1. The van der Waals surface area contributed by atoms with Crippen molar-refractivity contribution in [3.63, 3.8) is 0 Å². The maximum Gasteiger partial charge on any atom is 0.490 e. The molecule has 0 bridgehead atoms. The predicted molar refractivity (Wildman–Crippen MR) is 113 cm³/mol. The first-order chi connectivity index (χ1) is 14.7. The van der Waals surface area contributed by atoms with Crippen LogP contribution in [0.5, 0.6) is 0 Å². The monoisotopic (exact) mass is 479 g/mol. The second-order valence-corrected chi connectivity index (χ2v) is 10.3. The molecule has 180 valence electrons. The van der Waals surface area contributed by atoms with Gasteiger partial charge in [-0.2, -0.15) is 13.2 Å². The smallest absolute Gasteiger partial charge is 0.475 e. The highest BCUT2D eigenvalue weighted by Crippen LogP contribution is 2.47. The van der Waals surface area contributed by atoms with Crippen molar-refractivity contribution in [3.8, 4) is 0 Å². The molecule has 0 saturated carbocycles. The number of para-hydroxylation sites is 1. The van der Waals surface area contributed by atoms with Gasteiger partial charge in [0.15, 0.2) is 0 Å². The van der Waals surface area contributed by atoms with Crippen LogP contribution in [0.15, 0.2) is 24.3 Å². The van der Waals surface area contributed by atoms with Gasteiger partial charge < -0.3 is 14.9 Å². The molecule has 2 heterocycles. The number of sulfonamides is 1. The number of carboxylic acids is 1. The summed E-state index contributed by atoms with van der Waals surface area (Å²) in [5, 5.41) is 7.12. The summed E-state index contributed by atoms with van der Waals surface area (Å²) in [4.78, 5) is 25.0. The lowest BCUT2D eigenvalue weighted by Crippen LogP contribution is -2.49. The average molecular weight is 480 g/mol. The van der Waals surface area contributed by atoms with Gasteiger partial charge in [-0.1, -0.05) is 18.2 Å². The number of halogens is 3. The average Bonchev–Trinajstić information content (AvgIpc) is 3.03. The molecular formula is C20H28F3N3O5S. The molecule has 12 heteroatoms. The lowest BCUT2D eigenvalue weighted by atomic mass is 9.74. The lowest BCUT2D eigenvalue weighted by Gasteiger charge is -2.40. The van der Waals surface area contributed by atoms with Gasteiger partial charge >= 0.3 is 12.1 Å². The Hall–Kier alpha value is -2.34. The third-order valence-corrected chi connectivity index (χ3v) is 7.39. The van der Waals surface area contributed by atoms with Crippen LogP contribution in [0, 0.1) is 0 Å². The Kier molecular flexibility index (Phi) is 7.82. The standard InChI is InChI=1S/C18H27N3O3S.C2HF3O2/c1-4-25(23,24)21-14-18(15-7-5-6-8-16(15)21)9-11-20(12-10-18)17(22)13-19(2)3;3-2(4,5)1(6)7/h5-8H,4,9-14H2,1-3H3;(H,6,7). The minimum Gasteiger partial charge on any atom is -0.475 e. The van der Waals surface area contributed by atoms with E-state index in [1.807, 2.05) is 42.1 Å². The van der Waals surface area contributed by atoms with E-state index in [2.05, 4.69) is 6.07 Å². The van der Waals surface area contributed by atoms with Crippen molar-refractivity contribution in [2.75, 3.05) is 50.3 Å². The van der Waals surface area contributed by atoms with Gasteiger partial charge in [-0.05, 0) is 45.5 Å². The van der Waals surface area contributed by atoms with Crippen molar-refractivity contribution in [2.24, 2.45) is 0 Å². The van der Waals surface area contributed by atoms with Crippen LogP contribution in [-0.4, -0.2) is 87.4 Å². The highest BCUT2D eigenvalue weighted by Gasteiger charge is 2.47. The number of aliphatic carboxylic acids is 1. The van der Waals surface area contributed by atoms with Crippen LogP contribution < -0.4 is 4.31 Å². The molecule has 1 aromatic carbocycles. The molecule has 0 radical (unpaired) electrons. The van der Waals surface area contributed by atoms with E-state index in [-0.39, 0.29) is 17.1 Å². The molecule has 32 heavy (non-hydrogen) atoms. The number of anilines is 1. The van der Waals surface area contributed by atoms with Crippen LogP contribution in [-0.2, 0) is 25.0 Å². The fraction of sp³-hybridized carbons (Fsp3) is 0.600. The van der Waals surface area contributed by atoms with Gasteiger partial charge in [0.25, 0.3) is 0 Å². The number of amides is 1. The van der Waals surface area contributed by atoms with Gasteiger partial charge in [-0.25, -0.2) is 13.2 Å². The fourth-order valence-corrected chi connectivity index (χ4v) is 5.19. The fourth-order valence-electron chi connectivity index (χ4n) is 3.97. The van der Waals surface area contributed by atoms with Gasteiger partial charge in [-0.3, -0.25) is 9.10 Å². The van der Waals surface area contributed by atoms with Crippen LogP contribution in [0.4, 0.5) is 18.9 Å². The quantitative estimate of drug-likeness (QED) is 0.709. The van der Waals surface area contributed by atoms with Crippen LogP contribution >= 0.6 is 0 Å². The minimum absolute atomic E-state index is 0.102. The number of hydrogen-bond acceptors (Lipinski definition) is 5. The van der Waals surface area contributed by atoms with E-state index in [1.54, 1.807) is 11.2 Å². The number of benzene rings is 1. The number of carboxylic acid groups (broad SMARTS) is 1. The van der Waals surface area contributed by atoms with E-state index in [0.717, 1.165) is 24.1 Å². The van der Waals surface area contributed by atoms with E-state index in [9.17, 15) is 26.4 Å². The summed E-state index contributed by atoms with van der Waals surface area (Å²) in [6.07, 6.45) is -3.47. The molecule has 1 aromatic rings. The number of fused-ring (bicyclic) bond motifs is 2. The van der Waals surface area contributed by atoms with Crippen molar-refractivity contribution in [3.05, 3.63) is 29.8 Å². The summed E-state index contributed by atoms with van der Waals surface area (Å²) in [5.41, 5.74) is 1.76. The highest BCUT2D eigenvalue weighted by molar-refractivity contribution is 7.92. The van der Waals surface area contributed by atoms with Gasteiger partial charge in [0.2, 0.25) is 15.9 Å². The van der Waals surface area contributed by atoms with Crippen LogP contribution in [0.1, 0.15) is 25.3 Å². The first-order valence-electron chi connectivity index (χ1n) is 10.1. The molecule has 1 fully saturated rings. The number of piperidine rings is 1. The molecule has 3 rings (SSSR count). The maximum absolute atomic E-state index is 12.5. The van der Waals surface area contributed by atoms with Crippen LogP contribution in [0.25, 0.3) is 0 Å². The molecule has 0 aromatic heterocycles. The normalized spacial score (nSPS) is 17.7. The molecule has 2 aliphatic rings. The molecule has 0 unspecified atom stereocenters. The van der Waals surface area contributed by atoms with Crippen molar-refractivity contribution < 1.29 is 36.3 Å². The van der Waals surface area contributed by atoms with Crippen molar-refractivity contribution in [1.29, 1.82) is 0 Å². The Morgan fingerprint density at radius 1 is 1.16 bits per heavy atom. The van der Waals surface area contributed by atoms with Crippen LogP contribution in [0.2, 0.25) is 0 Å². The second-order valence-electron chi connectivity index (χ2n) is 8.13. The molecule has 1 saturated heterocycles. The Bertz CT molecular complexity index is 942. The molecule has 1 spiro atoms. The van der Waals surface area contributed by atoms with Gasteiger partial charge in [-0.15, -0.1) is 0 Å². The second kappa shape index (κ2) is 9.65. The summed E-state index contributed by atoms with van der Waals surface area (Å²) >= 11 is 0. The number of nitrogens with zero attached hydrogens (tertiary/aromatic N) is 3. The Balaban J connectivity index is 0.000000451. The predicted octanol–water partition coefficient (Wildman–Crippen LogP) is 1.91. The molecule has 8 nitrogen and oxygen atoms in total. The highest BCUT2D eigenvalue weighted by atomic mass is 32.2. The number of likely N-dealkylation sites (tertiary alicyclic amines) is 1. The third kappa shape index (κ3) is 5.71. The molecule has 1 amide bonds. The first-order valence-corrected chi connectivity index (χ1v) is 11.7. The zero-order chi connectivity index (χ0) is 24.3. The maximum atomic E-state index is 12.5. The van der Waals surface area contributed by atoms with Gasteiger partial charge in [0.05, 0.1) is 18.0 Å². The molecular weight excluding hydrogens is 451 g/mol. The van der Waals surface area contributed by atoms with E-state index in [1.165, 1.54) is 0 Å². The minimum atomic E-state index is -5.08. The molecule has 2 aliphatic heterocycles. The SMILES string of the molecule is CCS(=O)(=O)N1CC2(CCN(C(=O)CN(C)C)CC2)c2ccccc21.O=C(O)C(F)(F)F. The summed E-state index contributed by atoms with van der Waals surface area (Å²) in [5.74, 6) is -2.51. The van der Waals surface area contributed by atoms with E-state index < -0.39 is 22.2 Å². The Morgan fingerprint density at radius 2 is 1.69 bits per heavy atom. The molecule has 0 atom stereocenters. The largest absolute Gasteiger partial charge is 0.490 e. The van der Waals surface area contributed by atoms with Crippen molar-refractivity contribution >= 4 is 27.6 Å². The number of carbonyl (C=O) groups excluding carboxylic acids is 1. The zero-order valence-electron chi connectivity index (χ0n) is 18.2. The number of carbonyl (C=O) groups is 2. The summed E-state index contributed by atoms with van der Waals surface area (Å²) in [6, 6.07) is 7.83. The Labute approximate surface area is 185 Å². The summed E-state index contributed by atoms with van der Waals surface area (Å²) in [6.45, 7) is 3.96. The van der Waals surface area contributed by atoms with Gasteiger partial charge in [0.1, 0.15) is 0 Å². The summed E-state index contributed by atoms with van der Waals surface area (Å²) in [7, 11) is 0.499. The molecule has 0 aliphatic carbocycles. The van der Waals surface area contributed by atoms with Gasteiger partial charge in [0, 0.05) is 25.0 Å². The number of likely N-dealkylation sites (N-methyl/N-ethyl adjacent to an activating group) is 1. The molecule has 1 N–H and O–H groups in total. The van der Waals surface area contributed by atoms with E-state index in [0.29, 0.717) is 26.2 Å². The zero-order valence-corrected chi connectivity index (χ0v) is 19.0. The van der Waals surface area contributed by atoms with E-state index >= 15 is 0 Å². The topological polar surface area (TPSA) is 98.2 Å². The van der Waals surface area contributed by atoms with Crippen molar-refractivity contribution in [1.82, 2.24) is 9.80 Å². The van der Waals surface area contributed by atoms with Crippen molar-refractivity contribution in [2.45, 2.75) is 31.4 Å². The first kappa shape index (κ1) is 25.9. The Morgan fingerprint density at radius 3 is 2.16 bits per heavy atom. The third-order valence-electron chi connectivity index (χ3n) is 5.66.